The Morgan fingerprint density at radius 3 is 2.71 bits per heavy atom. The lowest BCUT2D eigenvalue weighted by Gasteiger charge is -2.11. The first kappa shape index (κ1) is 15.9. The Labute approximate surface area is 122 Å². The van der Waals surface area contributed by atoms with Crippen LogP contribution in [-0.4, -0.2) is 34.4 Å². The molecule has 1 unspecified atom stereocenters. The fourth-order valence-electron chi connectivity index (χ4n) is 2.13. The van der Waals surface area contributed by atoms with Crippen LogP contribution in [0.4, 0.5) is 4.39 Å². The summed E-state index contributed by atoms with van der Waals surface area (Å²) >= 11 is 0. The van der Waals surface area contributed by atoms with Gasteiger partial charge in [0.2, 0.25) is 10.0 Å². The quantitative estimate of drug-likeness (QED) is 0.867. The van der Waals surface area contributed by atoms with Gasteiger partial charge in [-0.25, -0.2) is 25.9 Å². The zero-order chi connectivity index (χ0) is 15.7. The third-order valence-corrected chi connectivity index (χ3v) is 7.03. The van der Waals surface area contributed by atoms with Crippen LogP contribution in [0.25, 0.3) is 0 Å². The summed E-state index contributed by atoms with van der Waals surface area (Å²) in [6.07, 6.45) is 0.932. The number of sulfonamides is 1. The van der Waals surface area contributed by atoms with Crippen molar-refractivity contribution >= 4 is 19.9 Å². The van der Waals surface area contributed by atoms with Crippen LogP contribution in [0.2, 0.25) is 0 Å². The van der Waals surface area contributed by atoms with Crippen LogP contribution in [0.5, 0.6) is 0 Å². The predicted molar refractivity (Wildman–Crippen MR) is 73.1 cm³/mol. The second-order valence-corrected chi connectivity index (χ2v) is 8.90. The Kier molecular flexibility index (Phi) is 4.32. The molecule has 0 bridgehead atoms. The summed E-state index contributed by atoms with van der Waals surface area (Å²) in [6, 6.07) is 4.39. The van der Waals surface area contributed by atoms with Crippen molar-refractivity contribution < 1.29 is 21.2 Å². The molecular formula is C12H13FN2O4S2. The van der Waals surface area contributed by atoms with Gasteiger partial charge in [-0.15, -0.1) is 0 Å². The molecule has 6 nitrogen and oxygen atoms in total. The number of hydrogen-bond donors (Lipinski definition) is 1. The van der Waals surface area contributed by atoms with E-state index in [1.165, 1.54) is 0 Å². The molecule has 114 valence electrons. The second kappa shape index (κ2) is 5.71. The zero-order valence-corrected chi connectivity index (χ0v) is 12.5. The molecule has 0 amide bonds. The van der Waals surface area contributed by atoms with E-state index in [-0.39, 0.29) is 22.8 Å². The maximum Gasteiger partial charge on any atom is 0.240 e. The van der Waals surface area contributed by atoms with Crippen molar-refractivity contribution in [3.05, 3.63) is 29.6 Å². The third-order valence-electron chi connectivity index (χ3n) is 3.33. The highest BCUT2D eigenvalue weighted by Crippen LogP contribution is 2.20. The monoisotopic (exact) mass is 332 g/mol. The van der Waals surface area contributed by atoms with Crippen LogP contribution in [0, 0.1) is 17.1 Å². The molecule has 0 saturated carbocycles. The number of nitrogens with zero attached hydrogens (tertiary/aromatic N) is 1. The Morgan fingerprint density at radius 1 is 1.43 bits per heavy atom. The summed E-state index contributed by atoms with van der Waals surface area (Å²) in [7, 11) is -7.23. The van der Waals surface area contributed by atoms with E-state index in [4.69, 9.17) is 5.26 Å². The summed E-state index contributed by atoms with van der Waals surface area (Å²) in [5, 5.41) is 7.96. The molecule has 1 aromatic carbocycles. The molecule has 1 heterocycles. The van der Waals surface area contributed by atoms with E-state index in [0.717, 1.165) is 18.2 Å². The maximum absolute atomic E-state index is 13.2. The van der Waals surface area contributed by atoms with Crippen LogP contribution in [0.3, 0.4) is 0 Å². The highest BCUT2D eigenvalue weighted by Gasteiger charge is 2.32. The number of benzene rings is 1. The van der Waals surface area contributed by atoms with Crippen molar-refractivity contribution in [3.63, 3.8) is 0 Å². The molecular weight excluding hydrogens is 319 g/mol. The molecule has 1 fully saturated rings. The summed E-state index contributed by atoms with van der Waals surface area (Å²) in [5.74, 6) is -0.746. The van der Waals surface area contributed by atoms with Crippen molar-refractivity contribution in [2.75, 3.05) is 12.3 Å². The lowest BCUT2D eigenvalue weighted by atomic mass is 10.2. The van der Waals surface area contributed by atoms with E-state index in [1.807, 2.05) is 0 Å². The lowest BCUT2D eigenvalue weighted by molar-refractivity contribution is 0.570. The van der Waals surface area contributed by atoms with Crippen molar-refractivity contribution in [2.45, 2.75) is 23.0 Å². The normalized spacial score (nSPS) is 21.0. The first-order valence-corrected chi connectivity index (χ1v) is 9.37. The average molecular weight is 332 g/mol. The standard InChI is InChI=1S/C12H13FN2O4S2/c13-12-4-3-10(6-9(12)7-14)21(18,19)15-8-11-2-1-5-20(11,16)17/h3-4,6,11,15H,1-2,5,8H2. The van der Waals surface area contributed by atoms with Gasteiger partial charge >= 0.3 is 0 Å². The van der Waals surface area contributed by atoms with E-state index < -0.39 is 30.9 Å². The number of rotatable bonds is 4. The fourth-order valence-corrected chi connectivity index (χ4v) is 5.11. The average Bonchev–Trinajstić information content (AvgIpc) is 2.76. The van der Waals surface area contributed by atoms with Crippen LogP contribution >= 0.6 is 0 Å². The van der Waals surface area contributed by atoms with Gasteiger partial charge < -0.3 is 0 Å². The fraction of sp³-hybridized carbons (Fsp3) is 0.417. The highest BCUT2D eigenvalue weighted by molar-refractivity contribution is 7.92. The van der Waals surface area contributed by atoms with Gasteiger partial charge in [0.25, 0.3) is 0 Å². The first-order valence-electron chi connectivity index (χ1n) is 6.17. The SMILES string of the molecule is N#Cc1cc(S(=O)(=O)NCC2CCCS2(=O)=O)ccc1F. The minimum absolute atomic E-state index is 0.0640. The van der Waals surface area contributed by atoms with Gasteiger partial charge in [0.1, 0.15) is 11.9 Å². The Balaban J connectivity index is 2.18. The van der Waals surface area contributed by atoms with Gasteiger partial charge in [0.15, 0.2) is 9.84 Å². The molecule has 1 atom stereocenters. The first-order chi connectivity index (χ1) is 9.76. The topological polar surface area (TPSA) is 104 Å². The van der Waals surface area contributed by atoms with Crippen LogP contribution in [-0.2, 0) is 19.9 Å². The van der Waals surface area contributed by atoms with Gasteiger partial charge in [-0.05, 0) is 31.0 Å². The second-order valence-electron chi connectivity index (χ2n) is 4.74. The summed E-state index contributed by atoms with van der Waals surface area (Å²) < 4.78 is 62.7. The van der Waals surface area contributed by atoms with Gasteiger partial charge in [-0.3, -0.25) is 0 Å². The summed E-state index contributed by atoms with van der Waals surface area (Å²) in [5.41, 5.74) is -0.383. The highest BCUT2D eigenvalue weighted by atomic mass is 32.2. The molecule has 0 aliphatic carbocycles. The third kappa shape index (κ3) is 3.40. The summed E-state index contributed by atoms with van der Waals surface area (Å²) in [6.45, 7) is -0.218. The van der Waals surface area contributed by atoms with Crippen LogP contribution in [0.1, 0.15) is 18.4 Å². The van der Waals surface area contributed by atoms with Crippen molar-refractivity contribution in [3.8, 4) is 6.07 Å². The van der Waals surface area contributed by atoms with E-state index in [0.29, 0.717) is 12.8 Å². The van der Waals surface area contributed by atoms with Gasteiger partial charge in [-0.1, -0.05) is 0 Å². The van der Waals surface area contributed by atoms with Crippen molar-refractivity contribution in [1.82, 2.24) is 4.72 Å². The number of nitrogens with one attached hydrogen (secondary N) is 1. The molecule has 0 aromatic heterocycles. The molecule has 0 spiro atoms. The van der Waals surface area contributed by atoms with Gasteiger partial charge in [0.05, 0.1) is 21.5 Å². The summed E-state index contributed by atoms with van der Waals surface area (Å²) in [4.78, 5) is -0.268. The number of halogens is 1. The Morgan fingerprint density at radius 2 is 2.14 bits per heavy atom. The van der Waals surface area contributed by atoms with E-state index in [1.54, 1.807) is 6.07 Å². The molecule has 9 heteroatoms. The van der Waals surface area contributed by atoms with Crippen LogP contribution in [0.15, 0.2) is 23.1 Å². The van der Waals surface area contributed by atoms with Gasteiger partial charge in [0, 0.05) is 6.54 Å². The minimum Gasteiger partial charge on any atom is -0.229 e. The number of nitriles is 1. The molecule has 1 aromatic rings. The number of hydrogen-bond acceptors (Lipinski definition) is 5. The smallest absolute Gasteiger partial charge is 0.229 e. The molecule has 21 heavy (non-hydrogen) atoms. The molecule has 1 saturated heterocycles. The molecule has 2 rings (SSSR count). The largest absolute Gasteiger partial charge is 0.240 e. The maximum atomic E-state index is 13.2. The lowest BCUT2D eigenvalue weighted by Crippen LogP contribution is -2.34. The predicted octanol–water partition coefficient (Wildman–Crippen LogP) is 0.553. The van der Waals surface area contributed by atoms with Crippen molar-refractivity contribution in [1.29, 1.82) is 5.26 Å². The molecule has 1 aliphatic heterocycles. The van der Waals surface area contributed by atoms with Crippen molar-refractivity contribution in [2.24, 2.45) is 0 Å². The minimum atomic E-state index is -3.98. The zero-order valence-electron chi connectivity index (χ0n) is 10.9. The Hall–Kier alpha value is -1.50. The molecule has 1 N–H and O–H groups in total. The van der Waals surface area contributed by atoms with Gasteiger partial charge in [-0.2, -0.15) is 5.26 Å². The van der Waals surface area contributed by atoms with E-state index >= 15 is 0 Å². The molecule has 0 radical (unpaired) electrons. The van der Waals surface area contributed by atoms with Crippen LogP contribution < -0.4 is 4.72 Å². The van der Waals surface area contributed by atoms with E-state index in [9.17, 15) is 21.2 Å². The Bertz CT molecular complexity index is 797. The molecule has 1 aliphatic rings. The number of sulfone groups is 1. The van der Waals surface area contributed by atoms with E-state index in [2.05, 4.69) is 4.72 Å².